The third kappa shape index (κ3) is 4.57. The molecule has 1 rings (SSSR count). The quantitative estimate of drug-likeness (QED) is 0.487. The van der Waals surface area contributed by atoms with Crippen LogP contribution < -0.4 is 9.47 Å². The zero-order valence-electron chi connectivity index (χ0n) is 13.1. The lowest BCUT2D eigenvalue weighted by Crippen LogP contribution is -2.05. The van der Waals surface area contributed by atoms with Gasteiger partial charge in [-0.3, -0.25) is 0 Å². The van der Waals surface area contributed by atoms with Crippen molar-refractivity contribution in [3.63, 3.8) is 0 Å². The molecule has 0 fully saturated rings. The van der Waals surface area contributed by atoms with Crippen LogP contribution in [0, 0.1) is 0 Å². The van der Waals surface area contributed by atoms with Crippen molar-refractivity contribution in [1.29, 1.82) is 0 Å². The van der Waals surface area contributed by atoms with E-state index in [2.05, 4.69) is 33.4 Å². The van der Waals surface area contributed by atoms with Crippen molar-refractivity contribution in [2.75, 3.05) is 20.5 Å². The van der Waals surface area contributed by atoms with Crippen molar-refractivity contribution in [3.8, 4) is 11.5 Å². The van der Waals surface area contributed by atoms with Gasteiger partial charge < -0.3 is 14.2 Å². The van der Waals surface area contributed by atoms with E-state index in [4.69, 9.17) is 14.2 Å². The van der Waals surface area contributed by atoms with Crippen LogP contribution in [-0.2, 0) is 4.74 Å². The molecule has 0 saturated heterocycles. The van der Waals surface area contributed by atoms with E-state index in [1.165, 1.54) is 0 Å². The summed E-state index contributed by atoms with van der Waals surface area (Å²) in [7, 11) is 1.62. The Morgan fingerprint density at radius 2 is 1.95 bits per heavy atom. The first-order valence-corrected chi connectivity index (χ1v) is 7.18. The number of rotatable bonds is 9. The predicted molar refractivity (Wildman–Crippen MR) is 83.5 cm³/mol. The fraction of sp³-hybridized carbons (Fsp3) is 0.529. The number of ether oxygens (including phenoxy) is 3. The zero-order valence-corrected chi connectivity index (χ0v) is 13.1. The molecule has 0 N–H and O–H groups in total. The highest BCUT2D eigenvalue weighted by Crippen LogP contribution is 2.34. The number of hydrogen-bond acceptors (Lipinski definition) is 3. The Hall–Kier alpha value is -1.48. The lowest BCUT2D eigenvalue weighted by atomic mass is 9.99. The molecule has 112 valence electrons. The lowest BCUT2D eigenvalue weighted by Gasteiger charge is -2.18. The van der Waals surface area contributed by atoms with Crippen LogP contribution in [0.15, 0.2) is 18.7 Å². The normalized spacial score (nSPS) is 10.7. The maximum atomic E-state index is 5.83. The highest BCUT2D eigenvalue weighted by molar-refractivity contribution is 5.60. The van der Waals surface area contributed by atoms with E-state index >= 15 is 0 Å². The molecule has 0 aliphatic carbocycles. The molecule has 0 atom stereocenters. The molecule has 1 aromatic rings. The molecule has 0 aliphatic rings. The molecular weight excluding hydrogens is 252 g/mol. The number of benzene rings is 1. The standard InChI is InChI=1S/C17H26O3/c1-6-8-9-19-16-11-17(20-12-18-5)15(13(3)4)10-14(16)7-2/h7,10-11,13H,2,6,8-9,12H2,1,3-5H3. The van der Waals surface area contributed by atoms with E-state index in [-0.39, 0.29) is 6.79 Å². The zero-order chi connectivity index (χ0) is 15.0. The van der Waals surface area contributed by atoms with Gasteiger partial charge in [0.05, 0.1) is 6.61 Å². The Kier molecular flexibility index (Phi) is 7.16. The van der Waals surface area contributed by atoms with E-state index < -0.39 is 0 Å². The Balaban J connectivity index is 3.05. The van der Waals surface area contributed by atoms with Crippen LogP contribution in [0.4, 0.5) is 0 Å². The summed E-state index contributed by atoms with van der Waals surface area (Å²) in [6.45, 7) is 11.2. The fourth-order valence-corrected chi connectivity index (χ4v) is 1.91. The van der Waals surface area contributed by atoms with Gasteiger partial charge in [-0.2, -0.15) is 0 Å². The van der Waals surface area contributed by atoms with E-state index in [0.29, 0.717) is 12.5 Å². The molecule has 0 heterocycles. The maximum Gasteiger partial charge on any atom is 0.188 e. The third-order valence-electron chi connectivity index (χ3n) is 3.07. The minimum absolute atomic E-state index is 0.238. The predicted octanol–water partition coefficient (Wildman–Crippen LogP) is 4.61. The van der Waals surface area contributed by atoms with Crippen LogP contribution >= 0.6 is 0 Å². The van der Waals surface area contributed by atoms with Gasteiger partial charge in [0.25, 0.3) is 0 Å². The van der Waals surface area contributed by atoms with Crippen LogP contribution in [0.3, 0.4) is 0 Å². The van der Waals surface area contributed by atoms with Gasteiger partial charge in [-0.05, 0) is 24.0 Å². The Morgan fingerprint density at radius 1 is 1.20 bits per heavy atom. The van der Waals surface area contributed by atoms with Gasteiger partial charge in [-0.1, -0.05) is 39.8 Å². The summed E-state index contributed by atoms with van der Waals surface area (Å²) in [4.78, 5) is 0. The van der Waals surface area contributed by atoms with E-state index in [9.17, 15) is 0 Å². The van der Waals surface area contributed by atoms with Crippen LogP contribution in [0.25, 0.3) is 6.08 Å². The molecule has 0 amide bonds. The molecule has 0 bridgehead atoms. The smallest absolute Gasteiger partial charge is 0.188 e. The van der Waals surface area contributed by atoms with Crippen molar-refractivity contribution in [2.24, 2.45) is 0 Å². The average molecular weight is 278 g/mol. The van der Waals surface area contributed by atoms with Crippen molar-refractivity contribution < 1.29 is 14.2 Å². The highest BCUT2D eigenvalue weighted by atomic mass is 16.7. The Labute approximate surface area is 122 Å². The third-order valence-corrected chi connectivity index (χ3v) is 3.07. The topological polar surface area (TPSA) is 27.7 Å². The van der Waals surface area contributed by atoms with E-state index in [1.54, 1.807) is 7.11 Å². The molecule has 20 heavy (non-hydrogen) atoms. The Bertz CT molecular complexity index is 424. The molecule has 3 nitrogen and oxygen atoms in total. The summed E-state index contributed by atoms with van der Waals surface area (Å²) < 4.78 is 16.5. The molecule has 3 heteroatoms. The van der Waals surface area contributed by atoms with Crippen molar-refractivity contribution in [2.45, 2.75) is 39.5 Å². The van der Waals surface area contributed by atoms with Gasteiger partial charge in [-0.15, -0.1) is 0 Å². The second kappa shape index (κ2) is 8.64. The first-order valence-electron chi connectivity index (χ1n) is 7.18. The highest BCUT2D eigenvalue weighted by Gasteiger charge is 2.13. The number of methoxy groups -OCH3 is 1. The van der Waals surface area contributed by atoms with Gasteiger partial charge in [0.1, 0.15) is 11.5 Å². The van der Waals surface area contributed by atoms with Crippen LogP contribution in [0.2, 0.25) is 0 Å². The SMILES string of the molecule is C=Cc1cc(C(C)C)c(OCOC)cc1OCCCC. The van der Waals surface area contributed by atoms with Crippen LogP contribution in [-0.4, -0.2) is 20.5 Å². The molecule has 0 aliphatic heterocycles. The average Bonchev–Trinajstić information content (AvgIpc) is 2.44. The molecular formula is C17H26O3. The first-order chi connectivity index (χ1) is 9.63. The maximum absolute atomic E-state index is 5.83. The van der Waals surface area contributed by atoms with E-state index in [0.717, 1.165) is 35.5 Å². The fourth-order valence-electron chi connectivity index (χ4n) is 1.91. The Morgan fingerprint density at radius 3 is 2.50 bits per heavy atom. The summed E-state index contributed by atoms with van der Waals surface area (Å²) in [5.41, 5.74) is 2.15. The monoisotopic (exact) mass is 278 g/mol. The summed E-state index contributed by atoms with van der Waals surface area (Å²) in [5.74, 6) is 2.01. The van der Waals surface area contributed by atoms with Gasteiger partial charge in [0, 0.05) is 18.7 Å². The number of unbranched alkanes of at least 4 members (excludes halogenated alkanes) is 1. The van der Waals surface area contributed by atoms with Crippen molar-refractivity contribution in [3.05, 3.63) is 29.8 Å². The van der Waals surface area contributed by atoms with E-state index in [1.807, 2.05) is 12.1 Å². The summed E-state index contributed by atoms with van der Waals surface area (Å²) in [6, 6.07) is 4.03. The van der Waals surface area contributed by atoms with Crippen LogP contribution in [0.5, 0.6) is 11.5 Å². The summed E-state index contributed by atoms with van der Waals surface area (Å²) in [5, 5.41) is 0. The first kappa shape index (κ1) is 16.6. The van der Waals surface area contributed by atoms with Gasteiger partial charge in [-0.25, -0.2) is 0 Å². The lowest BCUT2D eigenvalue weighted by molar-refractivity contribution is 0.0501. The summed E-state index contributed by atoms with van der Waals surface area (Å²) >= 11 is 0. The van der Waals surface area contributed by atoms with Crippen LogP contribution in [0.1, 0.15) is 50.7 Å². The molecule has 0 aromatic heterocycles. The molecule has 0 spiro atoms. The molecule has 0 saturated carbocycles. The van der Waals surface area contributed by atoms with Gasteiger partial charge in [0.15, 0.2) is 6.79 Å². The van der Waals surface area contributed by atoms with Crippen molar-refractivity contribution >= 4 is 6.08 Å². The van der Waals surface area contributed by atoms with Gasteiger partial charge in [0.2, 0.25) is 0 Å². The molecule has 0 unspecified atom stereocenters. The minimum atomic E-state index is 0.238. The minimum Gasteiger partial charge on any atom is -0.493 e. The second-order valence-electron chi connectivity index (χ2n) is 5.04. The largest absolute Gasteiger partial charge is 0.493 e. The van der Waals surface area contributed by atoms with Crippen molar-refractivity contribution in [1.82, 2.24) is 0 Å². The number of hydrogen-bond donors (Lipinski definition) is 0. The second-order valence-corrected chi connectivity index (χ2v) is 5.04. The summed E-state index contributed by atoms with van der Waals surface area (Å²) in [6.07, 6.45) is 3.98. The van der Waals surface area contributed by atoms with Gasteiger partial charge >= 0.3 is 0 Å². The molecule has 0 radical (unpaired) electrons. The molecule has 1 aromatic carbocycles.